The van der Waals surface area contributed by atoms with Crippen molar-refractivity contribution in [2.24, 2.45) is 5.92 Å². The summed E-state index contributed by atoms with van der Waals surface area (Å²) in [5.74, 6) is -3.82. The second-order valence-electron chi connectivity index (χ2n) is 4.04. The molecule has 0 aliphatic carbocycles. The Hall–Kier alpha value is -1.25. The molecule has 3 nitrogen and oxygen atoms in total. The maximum absolute atomic E-state index is 12.4. The van der Waals surface area contributed by atoms with E-state index in [1.807, 2.05) is 0 Å². The first kappa shape index (κ1) is 15.8. The quantitative estimate of drug-likeness (QED) is 0.865. The van der Waals surface area contributed by atoms with Crippen LogP contribution >= 0.6 is 0 Å². The van der Waals surface area contributed by atoms with Crippen LogP contribution in [0, 0.1) is 5.92 Å². The van der Waals surface area contributed by atoms with Crippen LogP contribution in [0.2, 0.25) is 0 Å². The van der Waals surface area contributed by atoms with Gasteiger partial charge in [-0.15, -0.1) is 0 Å². The highest BCUT2D eigenvalue weighted by atomic mass is 19.4. The second kappa shape index (κ2) is 5.40. The van der Waals surface area contributed by atoms with Crippen molar-refractivity contribution in [2.75, 3.05) is 0 Å². The van der Waals surface area contributed by atoms with Gasteiger partial charge in [-0.05, 0) is 6.42 Å². The third kappa shape index (κ3) is 3.85. The highest BCUT2D eigenvalue weighted by Gasteiger charge is 2.60. The summed E-state index contributed by atoms with van der Waals surface area (Å²) >= 11 is 0. The highest BCUT2D eigenvalue weighted by molar-refractivity contribution is 5.11. The molecule has 0 aromatic carbocycles. The van der Waals surface area contributed by atoms with E-state index in [0.717, 1.165) is 12.4 Å². The Balaban J connectivity index is 3.02. The molecular formula is C10H12F6N2O. The Bertz CT molecular complexity index is 397. The summed E-state index contributed by atoms with van der Waals surface area (Å²) in [7, 11) is 0. The normalized spacial score (nSPS) is 15.0. The smallest absolute Gasteiger partial charge is 0.387 e. The molecule has 0 amide bonds. The van der Waals surface area contributed by atoms with Gasteiger partial charge in [0.1, 0.15) is 6.10 Å². The Labute approximate surface area is 104 Å². The number of aromatic nitrogens is 2. The molecule has 19 heavy (non-hydrogen) atoms. The molecule has 1 rings (SSSR count). The number of aliphatic hydroxyl groups is 1. The van der Waals surface area contributed by atoms with E-state index >= 15 is 0 Å². The lowest BCUT2D eigenvalue weighted by Crippen LogP contribution is -2.40. The van der Waals surface area contributed by atoms with Gasteiger partial charge in [0.2, 0.25) is 0 Å². The van der Waals surface area contributed by atoms with Crippen LogP contribution in [-0.2, 0) is 6.54 Å². The molecule has 0 fully saturated rings. The van der Waals surface area contributed by atoms with Gasteiger partial charge in [0.05, 0.1) is 6.20 Å². The predicted molar refractivity (Wildman–Crippen MR) is 53.1 cm³/mol. The summed E-state index contributed by atoms with van der Waals surface area (Å²) in [5.41, 5.74) is -0.506. The number of hydrogen-bond acceptors (Lipinski definition) is 2. The molecule has 0 bridgehead atoms. The molecule has 110 valence electrons. The van der Waals surface area contributed by atoms with Gasteiger partial charge < -0.3 is 5.11 Å². The molecule has 1 unspecified atom stereocenters. The van der Waals surface area contributed by atoms with E-state index in [-0.39, 0.29) is 0 Å². The van der Waals surface area contributed by atoms with Crippen LogP contribution in [0.25, 0.3) is 0 Å². The van der Waals surface area contributed by atoms with Gasteiger partial charge in [-0.2, -0.15) is 31.4 Å². The first-order valence-corrected chi connectivity index (χ1v) is 5.41. The average Bonchev–Trinajstić information content (AvgIpc) is 2.62. The average molecular weight is 290 g/mol. The Morgan fingerprint density at radius 1 is 1.21 bits per heavy atom. The van der Waals surface area contributed by atoms with E-state index < -0.39 is 29.9 Å². The lowest BCUT2D eigenvalue weighted by atomic mass is 9.97. The van der Waals surface area contributed by atoms with Gasteiger partial charge in [-0.25, -0.2) is 0 Å². The second-order valence-corrected chi connectivity index (χ2v) is 4.04. The van der Waals surface area contributed by atoms with Crippen molar-refractivity contribution in [1.29, 1.82) is 0 Å². The molecule has 0 aliphatic heterocycles. The van der Waals surface area contributed by atoms with E-state index in [4.69, 9.17) is 0 Å². The fraction of sp³-hybridized carbons (Fsp3) is 0.700. The number of rotatable bonds is 4. The van der Waals surface area contributed by atoms with Crippen molar-refractivity contribution >= 4 is 0 Å². The van der Waals surface area contributed by atoms with Crippen LogP contribution in [0.5, 0.6) is 0 Å². The third-order valence-electron chi connectivity index (χ3n) is 2.47. The van der Waals surface area contributed by atoms with Crippen LogP contribution in [-0.4, -0.2) is 27.2 Å². The minimum Gasteiger partial charge on any atom is -0.387 e. The number of halogens is 6. The first-order chi connectivity index (χ1) is 8.57. The fourth-order valence-corrected chi connectivity index (χ4v) is 1.62. The molecule has 1 aromatic rings. The molecule has 1 atom stereocenters. The lowest BCUT2D eigenvalue weighted by molar-refractivity contribution is -0.307. The number of aryl methyl sites for hydroxylation is 1. The van der Waals surface area contributed by atoms with E-state index in [9.17, 15) is 31.4 Å². The number of hydrogen-bond donors (Lipinski definition) is 1. The van der Waals surface area contributed by atoms with Crippen LogP contribution in [0.1, 0.15) is 25.0 Å². The van der Waals surface area contributed by atoms with Crippen molar-refractivity contribution in [3.63, 3.8) is 0 Å². The van der Waals surface area contributed by atoms with E-state index in [2.05, 4.69) is 5.10 Å². The van der Waals surface area contributed by atoms with Gasteiger partial charge in [0, 0.05) is 18.3 Å². The van der Waals surface area contributed by atoms with E-state index in [1.165, 1.54) is 4.68 Å². The molecule has 0 spiro atoms. The minimum absolute atomic E-state index is 0.343. The molecule has 0 aliphatic rings. The molecular weight excluding hydrogens is 278 g/mol. The largest absolute Gasteiger partial charge is 0.403 e. The summed E-state index contributed by atoms with van der Waals surface area (Å²) < 4.78 is 75.6. The number of aliphatic hydroxyl groups excluding tert-OH is 1. The summed E-state index contributed by atoms with van der Waals surface area (Å²) in [5, 5.41) is 12.9. The lowest BCUT2D eigenvalue weighted by Gasteiger charge is -2.26. The van der Waals surface area contributed by atoms with Gasteiger partial charge in [0.15, 0.2) is 5.92 Å². The van der Waals surface area contributed by atoms with Crippen molar-refractivity contribution in [3.05, 3.63) is 18.0 Å². The summed E-state index contributed by atoms with van der Waals surface area (Å²) in [6.07, 6.45) is -11.5. The maximum Gasteiger partial charge on any atom is 0.403 e. The molecule has 1 heterocycles. The van der Waals surface area contributed by atoms with Crippen LogP contribution in [0.3, 0.4) is 0 Å². The molecule has 1 N–H and O–H groups in total. The van der Waals surface area contributed by atoms with Gasteiger partial charge >= 0.3 is 12.4 Å². The molecule has 0 radical (unpaired) electrons. The maximum atomic E-state index is 12.4. The van der Waals surface area contributed by atoms with Crippen LogP contribution in [0.15, 0.2) is 12.4 Å². The molecule has 9 heteroatoms. The first-order valence-electron chi connectivity index (χ1n) is 5.41. The van der Waals surface area contributed by atoms with Gasteiger partial charge in [0.25, 0.3) is 0 Å². The number of nitrogens with zero attached hydrogens (tertiary/aromatic N) is 2. The van der Waals surface area contributed by atoms with Crippen molar-refractivity contribution in [1.82, 2.24) is 9.78 Å². The molecule has 0 saturated heterocycles. The van der Waals surface area contributed by atoms with Gasteiger partial charge in [-0.1, -0.05) is 6.92 Å². The Kier molecular flexibility index (Phi) is 4.49. The monoisotopic (exact) mass is 290 g/mol. The predicted octanol–water partition coefficient (Wildman–Crippen LogP) is 3.07. The zero-order valence-electron chi connectivity index (χ0n) is 9.83. The highest BCUT2D eigenvalue weighted by Crippen LogP contribution is 2.46. The SMILES string of the molecule is CCCn1cc(C(O)C(C(F)(F)F)C(F)(F)F)cn1. The third-order valence-corrected chi connectivity index (χ3v) is 2.47. The Morgan fingerprint density at radius 3 is 2.16 bits per heavy atom. The zero-order valence-corrected chi connectivity index (χ0v) is 9.83. The van der Waals surface area contributed by atoms with Crippen molar-refractivity contribution in [2.45, 2.75) is 38.3 Å². The van der Waals surface area contributed by atoms with Crippen LogP contribution in [0.4, 0.5) is 26.3 Å². The number of alkyl halides is 6. The van der Waals surface area contributed by atoms with E-state index in [0.29, 0.717) is 13.0 Å². The fourth-order valence-electron chi connectivity index (χ4n) is 1.62. The van der Waals surface area contributed by atoms with Crippen molar-refractivity contribution in [3.8, 4) is 0 Å². The molecule has 1 aromatic heterocycles. The summed E-state index contributed by atoms with van der Waals surface area (Å²) in [6, 6.07) is 0. The van der Waals surface area contributed by atoms with Crippen molar-refractivity contribution < 1.29 is 31.4 Å². The standard InChI is InChI=1S/C10H12F6N2O/c1-2-3-18-5-6(4-17-18)7(19)8(9(11,12)13)10(14,15)16/h4-5,7-8,19H,2-3H2,1H3. The van der Waals surface area contributed by atoms with E-state index in [1.54, 1.807) is 6.92 Å². The molecule has 0 saturated carbocycles. The minimum atomic E-state index is -5.58. The summed E-state index contributed by atoms with van der Waals surface area (Å²) in [4.78, 5) is 0. The zero-order chi connectivity index (χ0) is 14.8. The Morgan fingerprint density at radius 2 is 1.74 bits per heavy atom. The summed E-state index contributed by atoms with van der Waals surface area (Å²) in [6.45, 7) is 2.11. The van der Waals surface area contributed by atoms with Crippen LogP contribution < -0.4 is 0 Å². The van der Waals surface area contributed by atoms with Gasteiger partial charge in [-0.3, -0.25) is 4.68 Å². The topological polar surface area (TPSA) is 38.0 Å².